The lowest BCUT2D eigenvalue weighted by molar-refractivity contribution is 1.21. The third kappa shape index (κ3) is 2.40. The summed E-state index contributed by atoms with van der Waals surface area (Å²) in [5.41, 5.74) is 1.27. The van der Waals surface area contributed by atoms with E-state index in [4.69, 9.17) is 13.1 Å². The van der Waals surface area contributed by atoms with E-state index in [1.165, 1.54) is 0 Å². The van der Waals surface area contributed by atoms with Gasteiger partial charge in [-0.25, -0.2) is 9.97 Å². The smallest absolute Gasteiger partial charge is 0.195 e. The maximum Gasteiger partial charge on any atom is 0.195 e. The predicted octanol–water partition coefficient (Wildman–Crippen LogP) is 7.09. The molecule has 0 fully saturated rings. The van der Waals surface area contributed by atoms with Gasteiger partial charge < -0.3 is 0 Å². The second-order valence-corrected chi connectivity index (χ2v) is 7.79. The van der Waals surface area contributed by atoms with Crippen molar-refractivity contribution in [1.82, 2.24) is 9.97 Å². The van der Waals surface area contributed by atoms with Gasteiger partial charge >= 0.3 is 0 Å². The minimum absolute atomic E-state index is 0.0453. The second kappa shape index (κ2) is 6.98. The molecule has 0 aliphatic rings. The van der Waals surface area contributed by atoms with Gasteiger partial charge in [-0.05, 0) is 37.7 Å². The fraction of sp³-hybridized carbons (Fsp3) is 0. The highest BCUT2D eigenvalue weighted by Gasteiger charge is 2.21. The number of nitrogens with zero attached hydrogens (tertiary/aromatic N) is 6. The molecule has 0 bridgehead atoms. The molecule has 5 aromatic carbocycles. The van der Waals surface area contributed by atoms with Crippen LogP contribution >= 0.6 is 0 Å². The predicted molar refractivity (Wildman–Crippen MR) is 132 cm³/mol. The molecule has 6 aromatic rings. The lowest BCUT2D eigenvalue weighted by Crippen LogP contribution is -1.98. The summed E-state index contributed by atoms with van der Waals surface area (Å²) in [4.78, 5) is 16.3. The number of hydrogen-bond donors (Lipinski definition) is 0. The first-order valence-corrected chi connectivity index (χ1v) is 10.3. The van der Waals surface area contributed by atoms with Crippen LogP contribution in [0.25, 0.3) is 63.8 Å². The molecule has 0 aliphatic carbocycles. The maximum absolute atomic E-state index is 9.65. The van der Waals surface area contributed by atoms with E-state index in [0.29, 0.717) is 16.4 Å². The number of hydrogen-bond acceptors (Lipinski definition) is 4. The average molecular weight is 430 g/mol. The minimum Gasteiger partial charge on any atom is -0.250 e. The molecule has 0 radical (unpaired) electrons. The van der Waals surface area contributed by atoms with Crippen LogP contribution in [0.2, 0.25) is 0 Å². The molecular formula is C28H10N6. The molecule has 34 heavy (non-hydrogen) atoms. The summed E-state index contributed by atoms with van der Waals surface area (Å²) in [5.74, 6) is 0. The zero-order valence-corrected chi connectivity index (χ0v) is 17.5. The van der Waals surface area contributed by atoms with Gasteiger partial charge in [0.25, 0.3) is 0 Å². The number of nitriles is 2. The second-order valence-electron chi connectivity index (χ2n) is 7.79. The Morgan fingerprint density at radius 2 is 1.06 bits per heavy atom. The first-order valence-electron chi connectivity index (χ1n) is 10.3. The number of rotatable bonds is 0. The van der Waals surface area contributed by atoms with Gasteiger partial charge in [-0.1, -0.05) is 60.7 Å². The van der Waals surface area contributed by atoms with E-state index in [9.17, 15) is 10.5 Å². The molecule has 0 N–H and O–H groups in total. The Bertz CT molecular complexity index is 1910. The molecule has 0 saturated carbocycles. The molecule has 152 valence electrons. The standard InChI is InChI=1S/C28H10N6/c1-31-21-11-19-20(12-22(21)32-2)27-28(34-24(14-30)23(13-29)33-27)26-18-10-6-4-8-16(18)15-7-3-5-9-17(15)25(19)26/h3-12H. The quantitative estimate of drug-likeness (QED) is 0.190. The Morgan fingerprint density at radius 3 is 1.59 bits per heavy atom. The minimum atomic E-state index is -0.0700. The van der Waals surface area contributed by atoms with Crippen molar-refractivity contribution in [2.24, 2.45) is 0 Å². The van der Waals surface area contributed by atoms with Crippen molar-refractivity contribution in [2.45, 2.75) is 0 Å². The lowest BCUT2D eigenvalue weighted by Gasteiger charge is -2.16. The van der Waals surface area contributed by atoms with Gasteiger partial charge in [0.1, 0.15) is 12.1 Å². The summed E-state index contributed by atoms with van der Waals surface area (Å²) in [6.45, 7) is 15.2. The zero-order chi connectivity index (χ0) is 23.4. The molecule has 0 atom stereocenters. The molecule has 0 saturated heterocycles. The van der Waals surface area contributed by atoms with Crippen LogP contribution in [0, 0.1) is 35.8 Å². The molecule has 0 aliphatic heterocycles. The van der Waals surface area contributed by atoms with Gasteiger partial charge in [0.05, 0.1) is 24.2 Å². The maximum atomic E-state index is 9.65. The molecule has 6 nitrogen and oxygen atoms in total. The Balaban J connectivity index is 2.09. The van der Waals surface area contributed by atoms with Crippen molar-refractivity contribution in [3.63, 3.8) is 0 Å². The average Bonchev–Trinajstić information content (AvgIpc) is 2.91. The van der Waals surface area contributed by atoms with Crippen LogP contribution in [0.3, 0.4) is 0 Å². The van der Waals surface area contributed by atoms with Gasteiger partial charge in [-0.3, -0.25) is 9.69 Å². The van der Waals surface area contributed by atoms with Crippen LogP contribution in [-0.2, 0) is 0 Å². The van der Waals surface area contributed by atoms with Gasteiger partial charge in [-0.15, -0.1) is 0 Å². The first kappa shape index (κ1) is 19.1. The first-order chi connectivity index (χ1) is 16.7. The summed E-state index contributed by atoms with van der Waals surface area (Å²) in [7, 11) is 0. The van der Waals surface area contributed by atoms with Crippen molar-refractivity contribution in [3.8, 4) is 12.1 Å². The topological polar surface area (TPSA) is 82.1 Å². The van der Waals surface area contributed by atoms with Gasteiger partial charge in [0.15, 0.2) is 22.8 Å². The molecular weight excluding hydrogens is 420 g/mol. The number of aromatic nitrogens is 2. The van der Waals surface area contributed by atoms with Crippen LogP contribution in [0.1, 0.15) is 11.4 Å². The highest BCUT2D eigenvalue weighted by Crippen LogP contribution is 2.45. The van der Waals surface area contributed by atoms with Crippen molar-refractivity contribution in [1.29, 1.82) is 10.5 Å². The largest absolute Gasteiger partial charge is 0.250 e. The van der Waals surface area contributed by atoms with Crippen molar-refractivity contribution in [2.75, 3.05) is 0 Å². The van der Waals surface area contributed by atoms with Crippen LogP contribution in [0.4, 0.5) is 11.4 Å². The van der Waals surface area contributed by atoms with Crippen molar-refractivity contribution in [3.05, 3.63) is 94.9 Å². The molecule has 1 aromatic heterocycles. The number of benzene rings is 5. The van der Waals surface area contributed by atoms with Crippen LogP contribution in [0.5, 0.6) is 0 Å². The fourth-order valence-corrected chi connectivity index (χ4v) is 4.78. The summed E-state index contributed by atoms with van der Waals surface area (Å²) in [6.07, 6.45) is 0. The van der Waals surface area contributed by atoms with Crippen molar-refractivity contribution < 1.29 is 0 Å². The molecule has 0 amide bonds. The van der Waals surface area contributed by atoms with E-state index in [0.717, 1.165) is 37.7 Å². The zero-order valence-electron chi connectivity index (χ0n) is 17.5. The fourth-order valence-electron chi connectivity index (χ4n) is 4.78. The Labute approximate surface area is 193 Å². The van der Waals surface area contributed by atoms with E-state index in [-0.39, 0.29) is 22.8 Å². The molecule has 1 heterocycles. The molecule has 0 spiro atoms. The SMILES string of the molecule is [C-]#[N+]c1cc2c(cc1[N+]#[C-])c1c3ccccc3c3ccccc3c1c1nc(C#N)c(C#N)nc21. The number of fused-ring (bicyclic) bond motifs is 11. The van der Waals surface area contributed by atoms with E-state index in [1.54, 1.807) is 12.1 Å². The highest BCUT2D eigenvalue weighted by atomic mass is 14.8. The van der Waals surface area contributed by atoms with E-state index < -0.39 is 0 Å². The molecule has 6 heteroatoms. The Kier molecular flexibility index (Phi) is 3.93. The van der Waals surface area contributed by atoms with Crippen LogP contribution in [0.15, 0.2) is 60.7 Å². The Hall–Kier alpha value is -5.56. The molecule has 6 rings (SSSR count). The van der Waals surface area contributed by atoms with Gasteiger partial charge in [-0.2, -0.15) is 10.5 Å². The van der Waals surface area contributed by atoms with Crippen molar-refractivity contribution >= 4 is 65.5 Å². The van der Waals surface area contributed by atoms with Gasteiger partial charge in [0.2, 0.25) is 0 Å². The third-order valence-electron chi connectivity index (χ3n) is 6.16. The monoisotopic (exact) mass is 430 g/mol. The highest BCUT2D eigenvalue weighted by molar-refractivity contribution is 6.38. The van der Waals surface area contributed by atoms with E-state index in [1.807, 2.05) is 54.6 Å². The van der Waals surface area contributed by atoms with Gasteiger partial charge in [0, 0.05) is 5.39 Å². The van der Waals surface area contributed by atoms with E-state index >= 15 is 0 Å². The van der Waals surface area contributed by atoms with Crippen LogP contribution in [-0.4, -0.2) is 9.97 Å². The summed E-state index contributed by atoms with van der Waals surface area (Å²) >= 11 is 0. The van der Waals surface area contributed by atoms with E-state index in [2.05, 4.69) is 25.7 Å². The lowest BCUT2D eigenvalue weighted by atomic mass is 9.89. The molecule has 0 unspecified atom stereocenters. The summed E-state index contributed by atoms with van der Waals surface area (Å²) in [5, 5.41) is 26.3. The third-order valence-corrected chi connectivity index (χ3v) is 6.16. The Morgan fingerprint density at radius 1 is 0.588 bits per heavy atom. The van der Waals surface area contributed by atoms with Crippen LogP contribution < -0.4 is 0 Å². The normalized spacial score (nSPS) is 10.8. The summed E-state index contributed by atoms with van der Waals surface area (Å²) < 4.78 is 0. The summed E-state index contributed by atoms with van der Waals surface area (Å²) in [6, 6.07) is 23.3.